The molecular weight excluding hydrogens is 389 g/mol. The van der Waals surface area contributed by atoms with Gasteiger partial charge in [0.25, 0.3) is 0 Å². The minimum Gasteiger partial charge on any atom is -0.362 e. The highest BCUT2D eigenvalue weighted by atomic mass is 35.5. The van der Waals surface area contributed by atoms with E-state index in [0.29, 0.717) is 27.5 Å². The first-order valence-corrected chi connectivity index (χ1v) is 9.92. The summed E-state index contributed by atoms with van der Waals surface area (Å²) >= 11 is 17.5. The van der Waals surface area contributed by atoms with Crippen molar-refractivity contribution in [2.75, 3.05) is 31.5 Å². The Hall–Kier alpha value is -1.34. The second-order valence-electron chi connectivity index (χ2n) is 5.90. The zero-order valence-electron chi connectivity index (χ0n) is 15.1. The van der Waals surface area contributed by atoms with Gasteiger partial charge in [0, 0.05) is 28.9 Å². The lowest BCUT2D eigenvalue weighted by Gasteiger charge is -2.18. The van der Waals surface area contributed by atoms with Crippen LogP contribution < -0.4 is 10.6 Å². The first-order valence-electron chi connectivity index (χ1n) is 8.76. The van der Waals surface area contributed by atoms with Crippen LogP contribution in [-0.2, 0) is 6.54 Å². The van der Waals surface area contributed by atoms with Crippen molar-refractivity contribution < 1.29 is 0 Å². The minimum absolute atomic E-state index is 0.571. The van der Waals surface area contributed by atoms with E-state index in [9.17, 15) is 0 Å². The third kappa shape index (κ3) is 6.76. The highest BCUT2D eigenvalue weighted by Crippen LogP contribution is 2.21. The summed E-state index contributed by atoms with van der Waals surface area (Å²) in [5, 5.41) is 12.6. The first kappa shape index (κ1) is 21.0. The SMILES string of the molecule is CCN(CC)CCCNC(=S)Nc1ccn(Cc2ccc(Cl)cc2Cl)n1. The lowest BCUT2D eigenvalue weighted by Crippen LogP contribution is -2.32. The number of aromatic nitrogens is 2. The van der Waals surface area contributed by atoms with Crippen LogP contribution >= 0.6 is 35.4 Å². The maximum absolute atomic E-state index is 6.21. The molecule has 2 N–H and O–H groups in total. The Labute approximate surface area is 170 Å². The Bertz CT molecular complexity index is 715. The van der Waals surface area contributed by atoms with Gasteiger partial charge in [0.1, 0.15) is 0 Å². The Balaban J connectivity index is 1.77. The number of nitrogens with one attached hydrogen (secondary N) is 2. The molecule has 1 aromatic heterocycles. The molecule has 1 heterocycles. The van der Waals surface area contributed by atoms with Crippen molar-refractivity contribution in [3.8, 4) is 0 Å². The van der Waals surface area contributed by atoms with Gasteiger partial charge in [-0.05, 0) is 56.0 Å². The molecule has 0 aliphatic rings. The van der Waals surface area contributed by atoms with Crippen LogP contribution in [0.25, 0.3) is 0 Å². The number of thiocarbonyl (C=S) groups is 1. The van der Waals surface area contributed by atoms with Crippen molar-refractivity contribution in [3.63, 3.8) is 0 Å². The molecule has 0 radical (unpaired) electrons. The van der Waals surface area contributed by atoms with E-state index in [1.165, 1.54) is 0 Å². The quantitative estimate of drug-likeness (QED) is 0.474. The number of halogens is 2. The third-order valence-corrected chi connectivity index (χ3v) is 4.89. The fourth-order valence-electron chi connectivity index (χ4n) is 2.55. The van der Waals surface area contributed by atoms with Crippen LogP contribution in [0.1, 0.15) is 25.8 Å². The van der Waals surface area contributed by atoms with Crippen LogP contribution in [0.3, 0.4) is 0 Å². The Kier molecular flexibility index (Phi) is 8.65. The van der Waals surface area contributed by atoms with Gasteiger partial charge < -0.3 is 15.5 Å². The van der Waals surface area contributed by atoms with Gasteiger partial charge in [0.05, 0.1) is 6.54 Å². The molecule has 1 aromatic carbocycles. The number of nitrogens with zero attached hydrogens (tertiary/aromatic N) is 3. The van der Waals surface area contributed by atoms with E-state index in [-0.39, 0.29) is 0 Å². The molecule has 0 aliphatic heterocycles. The van der Waals surface area contributed by atoms with Gasteiger partial charge in [-0.2, -0.15) is 5.10 Å². The fourth-order valence-corrected chi connectivity index (χ4v) is 3.22. The van der Waals surface area contributed by atoms with Crippen molar-refractivity contribution in [2.24, 2.45) is 0 Å². The topological polar surface area (TPSA) is 45.1 Å². The van der Waals surface area contributed by atoms with Gasteiger partial charge in [-0.15, -0.1) is 0 Å². The Morgan fingerprint density at radius 1 is 1.23 bits per heavy atom. The monoisotopic (exact) mass is 413 g/mol. The lowest BCUT2D eigenvalue weighted by molar-refractivity contribution is 0.300. The molecule has 0 amide bonds. The molecule has 0 saturated heterocycles. The summed E-state index contributed by atoms with van der Waals surface area (Å²) in [5.41, 5.74) is 0.961. The van der Waals surface area contributed by atoms with Gasteiger partial charge in [0.15, 0.2) is 10.9 Å². The van der Waals surface area contributed by atoms with Crippen molar-refractivity contribution in [1.82, 2.24) is 20.0 Å². The first-order chi connectivity index (χ1) is 12.5. The molecule has 0 atom stereocenters. The van der Waals surface area contributed by atoms with E-state index in [4.69, 9.17) is 35.4 Å². The second kappa shape index (κ2) is 10.7. The number of rotatable bonds is 9. The summed E-state index contributed by atoms with van der Waals surface area (Å²) in [6, 6.07) is 7.34. The molecule has 5 nitrogen and oxygen atoms in total. The molecule has 0 fully saturated rings. The van der Waals surface area contributed by atoms with Crippen LogP contribution in [-0.4, -0.2) is 46.0 Å². The number of anilines is 1. The largest absolute Gasteiger partial charge is 0.362 e. The summed E-state index contributed by atoms with van der Waals surface area (Å²) in [6.07, 6.45) is 2.93. The summed E-state index contributed by atoms with van der Waals surface area (Å²) in [5.74, 6) is 0.705. The maximum atomic E-state index is 6.21. The number of hydrogen-bond acceptors (Lipinski definition) is 3. The van der Waals surface area contributed by atoms with Crippen LogP contribution in [0.4, 0.5) is 5.82 Å². The van der Waals surface area contributed by atoms with Gasteiger partial charge in [0.2, 0.25) is 0 Å². The van der Waals surface area contributed by atoms with Gasteiger partial charge in [-0.25, -0.2) is 0 Å². The van der Waals surface area contributed by atoms with Gasteiger partial charge in [-0.3, -0.25) is 4.68 Å². The minimum atomic E-state index is 0.571. The average molecular weight is 414 g/mol. The summed E-state index contributed by atoms with van der Waals surface area (Å²) in [7, 11) is 0. The summed E-state index contributed by atoms with van der Waals surface area (Å²) in [4.78, 5) is 2.39. The highest BCUT2D eigenvalue weighted by molar-refractivity contribution is 7.80. The van der Waals surface area contributed by atoms with Crippen molar-refractivity contribution in [1.29, 1.82) is 0 Å². The van der Waals surface area contributed by atoms with E-state index in [1.54, 1.807) is 10.7 Å². The molecule has 0 bridgehead atoms. The molecule has 2 rings (SSSR count). The normalized spacial score (nSPS) is 11.0. The van der Waals surface area contributed by atoms with E-state index in [0.717, 1.165) is 38.2 Å². The molecule has 2 aromatic rings. The Morgan fingerprint density at radius 3 is 2.69 bits per heavy atom. The van der Waals surface area contributed by atoms with Crippen LogP contribution in [0.2, 0.25) is 10.0 Å². The van der Waals surface area contributed by atoms with Gasteiger partial charge in [-0.1, -0.05) is 43.1 Å². The van der Waals surface area contributed by atoms with Crippen LogP contribution in [0.5, 0.6) is 0 Å². The molecule has 0 spiro atoms. The molecular formula is C18H25Cl2N5S. The standard InChI is InChI=1S/C18H25Cl2N5S/c1-3-24(4-2)10-5-9-21-18(26)22-17-8-11-25(23-17)13-14-6-7-15(19)12-16(14)20/h6-8,11-12H,3-5,9-10,13H2,1-2H3,(H2,21,22,23,26). The molecule has 0 aliphatic carbocycles. The smallest absolute Gasteiger partial charge is 0.171 e. The predicted octanol–water partition coefficient (Wildman–Crippen LogP) is 4.26. The fraction of sp³-hybridized carbons (Fsp3) is 0.444. The van der Waals surface area contributed by atoms with E-state index in [2.05, 4.69) is 34.5 Å². The van der Waals surface area contributed by atoms with Crippen molar-refractivity contribution >= 4 is 46.4 Å². The number of hydrogen-bond donors (Lipinski definition) is 2. The molecule has 142 valence electrons. The summed E-state index contributed by atoms with van der Waals surface area (Å²) in [6.45, 7) is 8.99. The number of benzene rings is 1. The zero-order chi connectivity index (χ0) is 18.9. The molecule has 0 saturated carbocycles. The highest BCUT2D eigenvalue weighted by Gasteiger charge is 2.06. The van der Waals surface area contributed by atoms with E-state index in [1.807, 2.05) is 24.4 Å². The third-order valence-electron chi connectivity index (χ3n) is 4.06. The molecule has 8 heteroatoms. The molecule has 0 unspecified atom stereocenters. The van der Waals surface area contributed by atoms with Crippen LogP contribution in [0.15, 0.2) is 30.5 Å². The van der Waals surface area contributed by atoms with Gasteiger partial charge >= 0.3 is 0 Å². The predicted molar refractivity (Wildman–Crippen MR) is 114 cm³/mol. The zero-order valence-corrected chi connectivity index (χ0v) is 17.5. The Morgan fingerprint density at radius 2 is 2.00 bits per heavy atom. The second-order valence-corrected chi connectivity index (χ2v) is 7.15. The lowest BCUT2D eigenvalue weighted by atomic mass is 10.2. The van der Waals surface area contributed by atoms with Crippen molar-refractivity contribution in [3.05, 3.63) is 46.1 Å². The van der Waals surface area contributed by atoms with Crippen LogP contribution in [0, 0.1) is 0 Å². The summed E-state index contributed by atoms with van der Waals surface area (Å²) < 4.78 is 1.81. The average Bonchev–Trinajstić information content (AvgIpc) is 3.04. The van der Waals surface area contributed by atoms with E-state index < -0.39 is 0 Å². The van der Waals surface area contributed by atoms with E-state index >= 15 is 0 Å². The van der Waals surface area contributed by atoms with Crippen molar-refractivity contribution in [2.45, 2.75) is 26.8 Å². The maximum Gasteiger partial charge on any atom is 0.171 e. The molecule has 26 heavy (non-hydrogen) atoms.